The summed E-state index contributed by atoms with van der Waals surface area (Å²) in [5.41, 5.74) is 1.72. The van der Waals surface area contributed by atoms with Crippen molar-refractivity contribution in [3.63, 3.8) is 0 Å². The largest absolute Gasteiger partial charge is 0.346 e. The van der Waals surface area contributed by atoms with Crippen LogP contribution in [0.15, 0.2) is 48.8 Å². The Labute approximate surface area is 142 Å². The fourth-order valence-electron chi connectivity index (χ4n) is 2.24. The fraction of sp³-hybridized carbons (Fsp3) is 0.294. The van der Waals surface area contributed by atoms with Gasteiger partial charge in [-0.25, -0.2) is 8.42 Å². The van der Waals surface area contributed by atoms with Gasteiger partial charge in [0.15, 0.2) is 0 Å². The molecule has 0 saturated heterocycles. The van der Waals surface area contributed by atoms with Crippen molar-refractivity contribution < 1.29 is 13.2 Å². The minimum atomic E-state index is -3.38. The second-order valence-electron chi connectivity index (χ2n) is 5.48. The van der Waals surface area contributed by atoms with Crippen LogP contribution in [0.5, 0.6) is 0 Å². The van der Waals surface area contributed by atoms with Crippen LogP contribution in [0.25, 0.3) is 0 Å². The summed E-state index contributed by atoms with van der Waals surface area (Å²) in [6.45, 7) is 3.67. The summed E-state index contributed by atoms with van der Waals surface area (Å²) in [5, 5.41) is 2.88. The van der Waals surface area contributed by atoms with E-state index in [0.29, 0.717) is 17.7 Å². The average Bonchev–Trinajstić information content (AvgIpc) is 2.55. The van der Waals surface area contributed by atoms with Gasteiger partial charge in [-0.05, 0) is 49.2 Å². The van der Waals surface area contributed by atoms with E-state index in [4.69, 9.17) is 0 Å². The first-order valence-corrected chi connectivity index (χ1v) is 9.38. The maximum absolute atomic E-state index is 12.4. The summed E-state index contributed by atoms with van der Waals surface area (Å²) in [5.74, 6) is -0.224. The van der Waals surface area contributed by atoms with Crippen LogP contribution in [0.2, 0.25) is 0 Å². The van der Waals surface area contributed by atoms with Crippen molar-refractivity contribution >= 4 is 21.6 Å². The van der Waals surface area contributed by atoms with E-state index in [-0.39, 0.29) is 17.7 Å². The van der Waals surface area contributed by atoms with Gasteiger partial charge in [0.1, 0.15) is 0 Å². The van der Waals surface area contributed by atoms with Gasteiger partial charge in [0.2, 0.25) is 10.0 Å². The molecular weight excluding hydrogens is 326 g/mol. The molecule has 0 aliphatic heterocycles. The molecule has 1 aromatic carbocycles. The number of pyridine rings is 1. The number of sulfonamides is 1. The molecule has 1 amide bonds. The Morgan fingerprint density at radius 2 is 1.92 bits per heavy atom. The normalized spacial score (nSPS) is 12.4. The van der Waals surface area contributed by atoms with Gasteiger partial charge < -0.3 is 5.32 Å². The Morgan fingerprint density at radius 3 is 2.58 bits per heavy atom. The number of hydrogen-bond acceptors (Lipinski definition) is 4. The number of nitrogens with one attached hydrogen (secondary N) is 2. The number of anilines is 1. The molecule has 7 heteroatoms. The molecule has 0 spiro atoms. The minimum absolute atomic E-state index is 0.0441. The zero-order chi connectivity index (χ0) is 17.6. The Morgan fingerprint density at radius 1 is 1.21 bits per heavy atom. The predicted octanol–water partition coefficient (Wildman–Crippen LogP) is 2.72. The number of hydrogen-bond donors (Lipinski definition) is 2. The molecule has 24 heavy (non-hydrogen) atoms. The quantitative estimate of drug-likeness (QED) is 0.806. The third kappa shape index (κ3) is 5.06. The Balaban J connectivity index is 2.09. The van der Waals surface area contributed by atoms with Crippen LogP contribution in [0.3, 0.4) is 0 Å². The highest BCUT2D eigenvalue weighted by Crippen LogP contribution is 2.15. The predicted molar refractivity (Wildman–Crippen MR) is 94.3 cm³/mol. The summed E-state index contributed by atoms with van der Waals surface area (Å²) in [6, 6.07) is 9.93. The van der Waals surface area contributed by atoms with Crippen molar-refractivity contribution in [3.05, 3.63) is 59.9 Å². The van der Waals surface area contributed by atoms with Crippen LogP contribution >= 0.6 is 0 Å². The van der Waals surface area contributed by atoms with E-state index in [2.05, 4.69) is 15.0 Å². The number of benzene rings is 1. The minimum Gasteiger partial charge on any atom is -0.346 e. The summed E-state index contributed by atoms with van der Waals surface area (Å²) < 4.78 is 26.1. The van der Waals surface area contributed by atoms with Gasteiger partial charge in [-0.3, -0.25) is 14.5 Å². The molecule has 0 fully saturated rings. The van der Waals surface area contributed by atoms with Crippen LogP contribution in [-0.2, 0) is 10.0 Å². The van der Waals surface area contributed by atoms with Gasteiger partial charge in [0.05, 0.1) is 11.8 Å². The molecule has 1 heterocycles. The van der Waals surface area contributed by atoms with E-state index >= 15 is 0 Å². The van der Waals surface area contributed by atoms with Gasteiger partial charge >= 0.3 is 0 Å². The molecule has 2 N–H and O–H groups in total. The zero-order valence-electron chi connectivity index (χ0n) is 13.7. The molecule has 1 unspecified atom stereocenters. The van der Waals surface area contributed by atoms with Crippen molar-refractivity contribution in [2.45, 2.75) is 26.3 Å². The van der Waals surface area contributed by atoms with Crippen LogP contribution < -0.4 is 10.0 Å². The standard InChI is InChI=1S/C17H21N3O3S/c1-3-11-24(22,23)20-16-6-4-5-15(12-16)17(21)19-13(2)14-7-9-18-10-8-14/h4-10,12-13,20H,3,11H2,1-2H3,(H,19,21). The van der Waals surface area contributed by atoms with Gasteiger partial charge in [-0.15, -0.1) is 0 Å². The van der Waals surface area contributed by atoms with E-state index in [1.165, 1.54) is 6.07 Å². The molecule has 6 nitrogen and oxygen atoms in total. The zero-order valence-corrected chi connectivity index (χ0v) is 14.5. The topological polar surface area (TPSA) is 88.2 Å². The van der Waals surface area contributed by atoms with Crippen LogP contribution in [0.4, 0.5) is 5.69 Å². The lowest BCUT2D eigenvalue weighted by Gasteiger charge is -2.15. The molecular formula is C17H21N3O3S. The van der Waals surface area contributed by atoms with Crippen molar-refractivity contribution in [2.24, 2.45) is 0 Å². The van der Waals surface area contributed by atoms with Crippen molar-refractivity contribution in [1.29, 1.82) is 0 Å². The second kappa shape index (κ2) is 7.92. The van der Waals surface area contributed by atoms with Gasteiger partial charge in [0.25, 0.3) is 5.91 Å². The molecule has 0 saturated carbocycles. The maximum atomic E-state index is 12.4. The number of carbonyl (C=O) groups excluding carboxylic acids is 1. The van der Waals surface area contributed by atoms with E-state index < -0.39 is 10.0 Å². The molecule has 128 valence electrons. The fourth-order valence-corrected chi connectivity index (χ4v) is 3.36. The molecule has 0 bridgehead atoms. The smallest absolute Gasteiger partial charge is 0.251 e. The molecule has 2 rings (SSSR count). The molecule has 1 atom stereocenters. The van der Waals surface area contributed by atoms with Crippen LogP contribution in [0.1, 0.15) is 42.2 Å². The van der Waals surface area contributed by atoms with E-state index in [0.717, 1.165) is 5.56 Å². The number of nitrogens with zero attached hydrogens (tertiary/aromatic N) is 1. The number of aromatic nitrogens is 1. The van der Waals surface area contributed by atoms with Crippen molar-refractivity contribution in [3.8, 4) is 0 Å². The van der Waals surface area contributed by atoms with Crippen LogP contribution in [-0.4, -0.2) is 25.1 Å². The summed E-state index contributed by atoms with van der Waals surface area (Å²) in [4.78, 5) is 16.3. The molecule has 0 aliphatic carbocycles. The monoisotopic (exact) mass is 347 g/mol. The maximum Gasteiger partial charge on any atom is 0.251 e. The van der Waals surface area contributed by atoms with Crippen molar-refractivity contribution in [1.82, 2.24) is 10.3 Å². The summed E-state index contributed by atoms with van der Waals surface area (Å²) in [7, 11) is -3.38. The molecule has 1 aromatic heterocycles. The number of amides is 1. The second-order valence-corrected chi connectivity index (χ2v) is 7.32. The van der Waals surface area contributed by atoms with Gasteiger partial charge in [-0.1, -0.05) is 13.0 Å². The van der Waals surface area contributed by atoms with Gasteiger partial charge in [-0.2, -0.15) is 0 Å². The first-order valence-electron chi connectivity index (χ1n) is 7.72. The van der Waals surface area contributed by atoms with Gasteiger partial charge in [0, 0.05) is 23.6 Å². The van der Waals surface area contributed by atoms with Crippen LogP contribution in [0, 0.1) is 0 Å². The highest BCUT2D eigenvalue weighted by molar-refractivity contribution is 7.92. The Kier molecular flexibility index (Phi) is 5.92. The number of carbonyl (C=O) groups is 1. The summed E-state index contributed by atoms with van der Waals surface area (Å²) in [6.07, 6.45) is 3.86. The SMILES string of the molecule is CCCS(=O)(=O)Nc1cccc(C(=O)NC(C)c2ccncc2)c1. The first-order chi connectivity index (χ1) is 11.4. The lowest BCUT2D eigenvalue weighted by Crippen LogP contribution is -2.26. The highest BCUT2D eigenvalue weighted by Gasteiger charge is 2.13. The van der Waals surface area contributed by atoms with E-state index in [1.54, 1.807) is 37.5 Å². The molecule has 0 aliphatic rings. The third-order valence-corrected chi connectivity index (χ3v) is 4.92. The van der Waals surface area contributed by atoms with E-state index in [9.17, 15) is 13.2 Å². The Hall–Kier alpha value is -2.41. The third-order valence-electron chi connectivity index (χ3n) is 3.42. The molecule has 2 aromatic rings. The first kappa shape index (κ1) is 17.9. The van der Waals surface area contributed by atoms with Crippen molar-refractivity contribution in [2.75, 3.05) is 10.5 Å². The van der Waals surface area contributed by atoms with E-state index in [1.807, 2.05) is 19.1 Å². The molecule has 0 radical (unpaired) electrons. The lowest BCUT2D eigenvalue weighted by molar-refractivity contribution is 0.0940. The lowest BCUT2D eigenvalue weighted by atomic mass is 10.1. The summed E-state index contributed by atoms with van der Waals surface area (Å²) >= 11 is 0. The average molecular weight is 347 g/mol. The Bertz CT molecular complexity index is 792. The highest BCUT2D eigenvalue weighted by atomic mass is 32.2. The number of rotatable bonds is 7.